The van der Waals surface area contributed by atoms with Crippen LogP contribution in [0.5, 0.6) is 0 Å². The SMILES string of the molecule is CN(C)c1ccc2ncc(C(=O)[O-])c(Nc3cccc(Cl)c3)c2c1. The fourth-order valence-electron chi connectivity index (χ4n) is 2.46. The summed E-state index contributed by atoms with van der Waals surface area (Å²) >= 11 is 6.01. The van der Waals surface area contributed by atoms with E-state index in [0.717, 1.165) is 5.69 Å². The smallest absolute Gasteiger partial charge is 0.0752 e. The Morgan fingerprint density at radius 2 is 2.00 bits per heavy atom. The minimum atomic E-state index is -1.29. The van der Waals surface area contributed by atoms with E-state index in [0.29, 0.717) is 27.3 Å². The van der Waals surface area contributed by atoms with E-state index in [9.17, 15) is 9.90 Å². The zero-order valence-corrected chi connectivity index (χ0v) is 14.0. The molecule has 0 radical (unpaired) electrons. The number of pyridine rings is 1. The molecule has 1 N–H and O–H groups in total. The lowest BCUT2D eigenvalue weighted by Crippen LogP contribution is -2.23. The van der Waals surface area contributed by atoms with Gasteiger partial charge in [0, 0.05) is 47.6 Å². The molecule has 0 spiro atoms. The first-order valence-corrected chi connectivity index (χ1v) is 7.67. The Labute approximate surface area is 144 Å². The van der Waals surface area contributed by atoms with Crippen molar-refractivity contribution in [2.24, 2.45) is 0 Å². The number of aromatic carboxylic acids is 1. The number of nitrogens with zero attached hydrogens (tertiary/aromatic N) is 2. The lowest BCUT2D eigenvalue weighted by atomic mass is 10.1. The topological polar surface area (TPSA) is 68.3 Å². The molecule has 0 aliphatic carbocycles. The zero-order chi connectivity index (χ0) is 17.3. The molecule has 0 saturated carbocycles. The molecule has 0 fully saturated rings. The molecule has 3 aromatic rings. The number of benzene rings is 2. The van der Waals surface area contributed by atoms with Crippen LogP contribution in [0.2, 0.25) is 5.02 Å². The summed E-state index contributed by atoms with van der Waals surface area (Å²) in [6, 6.07) is 12.8. The van der Waals surface area contributed by atoms with Gasteiger partial charge in [0.05, 0.1) is 17.2 Å². The number of nitrogens with one attached hydrogen (secondary N) is 1. The minimum Gasteiger partial charge on any atom is -0.545 e. The van der Waals surface area contributed by atoms with E-state index in [4.69, 9.17) is 11.6 Å². The van der Waals surface area contributed by atoms with Crippen molar-refractivity contribution >= 4 is 45.5 Å². The summed E-state index contributed by atoms with van der Waals surface area (Å²) in [6.07, 6.45) is 1.31. The molecular weight excluding hydrogens is 326 g/mol. The summed E-state index contributed by atoms with van der Waals surface area (Å²) in [5.41, 5.74) is 2.75. The number of fused-ring (bicyclic) bond motifs is 1. The number of anilines is 3. The maximum atomic E-state index is 11.5. The summed E-state index contributed by atoms with van der Waals surface area (Å²) in [5.74, 6) is -1.29. The molecule has 6 heteroatoms. The summed E-state index contributed by atoms with van der Waals surface area (Å²) in [4.78, 5) is 17.7. The van der Waals surface area contributed by atoms with E-state index in [-0.39, 0.29) is 5.56 Å². The molecule has 0 unspecified atom stereocenters. The molecule has 2 aromatic carbocycles. The standard InChI is InChI=1S/C18H16ClN3O2/c1-22(2)13-6-7-16-14(9-13)17(15(10-20-16)18(23)24)21-12-5-3-4-11(19)8-12/h3-10H,1-2H3,(H,20,21)(H,23,24)/p-1. The molecule has 1 heterocycles. The van der Waals surface area contributed by atoms with Gasteiger partial charge in [0.15, 0.2) is 0 Å². The van der Waals surface area contributed by atoms with Gasteiger partial charge >= 0.3 is 0 Å². The molecule has 0 aliphatic heterocycles. The average molecular weight is 341 g/mol. The van der Waals surface area contributed by atoms with Crippen LogP contribution in [0, 0.1) is 0 Å². The monoisotopic (exact) mass is 340 g/mol. The first kappa shape index (κ1) is 16.1. The van der Waals surface area contributed by atoms with Gasteiger partial charge in [-0.25, -0.2) is 0 Å². The highest BCUT2D eigenvalue weighted by molar-refractivity contribution is 6.30. The molecule has 24 heavy (non-hydrogen) atoms. The Bertz CT molecular complexity index is 925. The molecule has 0 amide bonds. The summed E-state index contributed by atoms with van der Waals surface area (Å²) < 4.78 is 0. The molecule has 0 bridgehead atoms. The van der Waals surface area contributed by atoms with Crippen LogP contribution in [0.3, 0.4) is 0 Å². The Morgan fingerprint density at radius 1 is 1.21 bits per heavy atom. The van der Waals surface area contributed by atoms with E-state index in [1.807, 2.05) is 43.3 Å². The minimum absolute atomic E-state index is 0.00150. The number of rotatable bonds is 4. The van der Waals surface area contributed by atoms with Gasteiger partial charge in [-0.05, 0) is 36.4 Å². The molecule has 0 saturated heterocycles. The third kappa shape index (κ3) is 3.12. The number of carboxylic acids is 1. The second-order valence-electron chi connectivity index (χ2n) is 5.57. The van der Waals surface area contributed by atoms with E-state index in [2.05, 4.69) is 10.3 Å². The van der Waals surface area contributed by atoms with E-state index < -0.39 is 5.97 Å². The molecule has 0 aliphatic rings. The van der Waals surface area contributed by atoms with Crippen LogP contribution in [0.25, 0.3) is 10.9 Å². The number of carboxylic acid groups (broad SMARTS) is 1. The van der Waals surface area contributed by atoms with Gasteiger partial charge in [-0.15, -0.1) is 0 Å². The summed E-state index contributed by atoms with van der Waals surface area (Å²) in [5, 5.41) is 15.9. The Morgan fingerprint density at radius 3 is 2.67 bits per heavy atom. The van der Waals surface area contributed by atoms with Crippen LogP contribution in [0.1, 0.15) is 10.4 Å². The predicted octanol–water partition coefficient (Wildman–Crippen LogP) is 3.06. The van der Waals surface area contributed by atoms with Crippen molar-refractivity contribution in [3.8, 4) is 0 Å². The highest BCUT2D eigenvalue weighted by atomic mass is 35.5. The molecule has 5 nitrogen and oxygen atoms in total. The normalized spacial score (nSPS) is 10.6. The van der Waals surface area contributed by atoms with Gasteiger partial charge in [0.1, 0.15) is 0 Å². The lowest BCUT2D eigenvalue weighted by molar-refractivity contribution is -0.254. The Kier molecular flexibility index (Phi) is 4.27. The van der Waals surface area contributed by atoms with Crippen LogP contribution < -0.4 is 15.3 Å². The highest BCUT2D eigenvalue weighted by Crippen LogP contribution is 2.32. The van der Waals surface area contributed by atoms with Crippen molar-refractivity contribution in [3.63, 3.8) is 0 Å². The molecule has 1 aromatic heterocycles. The number of hydrogen-bond donors (Lipinski definition) is 1. The van der Waals surface area contributed by atoms with Gasteiger partial charge in [0.2, 0.25) is 0 Å². The molecular formula is C18H15ClN3O2-. The van der Waals surface area contributed by atoms with Crippen molar-refractivity contribution in [2.75, 3.05) is 24.3 Å². The van der Waals surface area contributed by atoms with Crippen LogP contribution >= 0.6 is 11.6 Å². The number of aromatic nitrogens is 1. The molecule has 122 valence electrons. The average Bonchev–Trinajstić information content (AvgIpc) is 2.54. The summed E-state index contributed by atoms with van der Waals surface area (Å²) in [7, 11) is 3.84. The van der Waals surface area contributed by atoms with Crippen LogP contribution in [0.15, 0.2) is 48.7 Å². The first-order valence-electron chi connectivity index (χ1n) is 7.30. The van der Waals surface area contributed by atoms with Crippen LogP contribution in [-0.2, 0) is 0 Å². The van der Waals surface area contributed by atoms with E-state index in [1.54, 1.807) is 18.2 Å². The second kappa shape index (κ2) is 6.37. The zero-order valence-electron chi connectivity index (χ0n) is 13.2. The highest BCUT2D eigenvalue weighted by Gasteiger charge is 2.12. The maximum absolute atomic E-state index is 11.5. The fourth-order valence-corrected chi connectivity index (χ4v) is 2.65. The summed E-state index contributed by atoms with van der Waals surface area (Å²) in [6.45, 7) is 0. The third-order valence-corrected chi connectivity index (χ3v) is 3.92. The van der Waals surface area contributed by atoms with Crippen LogP contribution in [0.4, 0.5) is 17.1 Å². The Hall–Kier alpha value is -2.79. The molecule has 3 rings (SSSR count). The van der Waals surface area contributed by atoms with Crippen molar-refractivity contribution in [3.05, 3.63) is 59.2 Å². The van der Waals surface area contributed by atoms with Crippen molar-refractivity contribution in [1.82, 2.24) is 4.98 Å². The molecule has 0 atom stereocenters. The van der Waals surface area contributed by atoms with Gasteiger partial charge < -0.3 is 20.1 Å². The van der Waals surface area contributed by atoms with Gasteiger partial charge in [-0.1, -0.05) is 17.7 Å². The van der Waals surface area contributed by atoms with Crippen molar-refractivity contribution < 1.29 is 9.90 Å². The van der Waals surface area contributed by atoms with Crippen molar-refractivity contribution in [1.29, 1.82) is 0 Å². The van der Waals surface area contributed by atoms with Gasteiger partial charge in [0.25, 0.3) is 0 Å². The maximum Gasteiger partial charge on any atom is 0.0752 e. The van der Waals surface area contributed by atoms with Gasteiger partial charge in [-0.3, -0.25) is 4.98 Å². The second-order valence-corrected chi connectivity index (χ2v) is 6.00. The first-order chi connectivity index (χ1) is 11.5. The van der Waals surface area contributed by atoms with E-state index in [1.165, 1.54) is 6.20 Å². The number of halogens is 1. The Balaban J connectivity index is 2.22. The number of hydrogen-bond acceptors (Lipinski definition) is 5. The third-order valence-electron chi connectivity index (χ3n) is 3.68. The van der Waals surface area contributed by atoms with E-state index >= 15 is 0 Å². The van der Waals surface area contributed by atoms with Crippen molar-refractivity contribution in [2.45, 2.75) is 0 Å². The number of carbonyl (C=O) groups is 1. The predicted molar refractivity (Wildman–Crippen MR) is 95.1 cm³/mol. The largest absolute Gasteiger partial charge is 0.545 e. The quantitative estimate of drug-likeness (QED) is 0.790. The number of carbonyl (C=O) groups excluding carboxylic acids is 1. The van der Waals surface area contributed by atoms with Crippen LogP contribution in [-0.4, -0.2) is 25.0 Å². The fraction of sp³-hybridized carbons (Fsp3) is 0.111. The van der Waals surface area contributed by atoms with Gasteiger partial charge in [-0.2, -0.15) is 0 Å². The lowest BCUT2D eigenvalue weighted by Gasteiger charge is -2.18.